The van der Waals surface area contributed by atoms with E-state index in [2.05, 4.69) is 0 Å². The van der Waals surface area contributed by atoms with Crippen molar-refractivity contribution in [2.24, 2.45) is 0 Å². The molecule has 1 aliphatic heterocycles. The standard InChI is InChI=1S/C25H29NO5/c1-2-14-31-17-7-3-6-16(15-17)23-24-18(8-4-10-20(24)27)26(13-12-22(29)30)19-9-5-11-21(28)25(19)23/h3,6-7,15,23H,2,4-5,8-14H2,1H3,(H,29,30)/p-1. The first-order valence-electron chi connectivity index (χ1n) is 11.2. The van der Waals surface area contributed by atoms with Crippen LogP contribution in [-0.4, -0.2) is 35.6 Å². The Morgan fingerprint density at radius 1 is 1.06 bits per heavy atom. The molecule has 0 unspecified atom stereocenters. The van der Waals surface area contributed by atoms with Gasteiger partial charge in [0.25, 0.3) is 0 Å². The molecule has 0 amide bonds. The predicted octanol–water partition coefficient (Wildman–Crippen LogP) is 3.03. The third kappa shape index (κ3) is 4.16. The SMILES string of the molecule is CCCOc1cccc(C2C3=C(CCCC3=O)N(CCC(=O)[O-])C3=C2C(=O)CCC3)c1. The Hall–Kier alpha value is -2.89. The fraction of sp³-hybridized carbons (Fsp3) is 0.480. The minimum absolute atomic E-state index is 0.0505. The lowest BCUT2D eigenvalue weighted by atomic mass is 9.71. The summed E-state index contributed by atoms with van der Waals surface area (Å²) in [4.78, 5) is 39.4. The van der Waals surface area contributed by atoms with E-state index in [0.29, 0.717) is 43.4 Å². The van der Waals surface area contributed by atoms with Gasteiger partial charge in [-0.05, 0) is 49.8 Å². The van der Waals surface area contributed by atoms with Crippen LogP contribution in [0, 0.1) is 0 Å². The van der Waals surface area contributed by atoms with Crippen LogP contribution in [0.15, 0.2) is 46.8 Å². The third-order valence-corrected chi connectivity index (χ3v) is 6.29. The van der Waals surface area contributed by atoms with Gasteiger partial charge in [0.15, 0.2) is 11.6 Å². The van der Waals surface area contributed by atoms with Crippen LogP contribution >= 0.6 is 0 Å². The molecule has 0 fully saturated rings. The Balaban J connectivity index is 1.85. The van der Waals surface area contributed by atoms with Crippen molar-refractivity contribution in [1.82, 2.24) is 4.90 Å². The quantitative estimate of drug-likeness (QED) is 0.671. The Labute approximate surface area is 182 Å². The highest BCUT2D eigenvalue weighted by Gasteiger charge is 2.43. The van der Waals surface area contributed by atoms with Gasteiger partial charge in [0.1, 0.15) is 5.75 Å². The minimum Gasteiger partial charge on any atom is -0.550 e. The van der Waals surface area contributed by atoms with Gasteiger partial charge in [-0.2, -0.15) is 0 Å². The maximum absolute atomic E-state index is 13.2. The molecule has 0 spiro atoms. The van der Waals surface area contributed by atoms with Crippen LogP contribution < -0.4 is 9.84 Å². The molecule has 0 atom stereocenters. The molecule has 1 aromatic carbocycles. The summed E-state index contributed by atoms with van der Waals surface area (Å²) in [5.41, 5.74) is 3.97. The van der Waals surface area contributed by atoms with Crippen molar-refractivity contribution in [2.45, 2.75) is 64.2 Å². The van der Waals surface area contributed by atoms with Gasteiger partial charge in [-0.3, -0.25) is 9.59 Å². The molecule has 164 valence electrons. The van der Waals surface area contributed by atoms with Crippen molar-refractivity contribution in [1.29, 1.82) is 0 Å². The fourth-order valence-corrected chi connectivity index (χ4v) is 5.03. The number of carboxylic acid groups (broad SMARTS) is 1. The third-order valence-electron chi connectivity index (χ3n) is 6.29. The van der Waals surface area contributed by atoms with E-state index in [9.17, 15) is 19.5 Å². The van der Waals surface area contributed by atoms with Gasteiger partial charge in [-0.25, -0.2) is 0 Å². The average Bonchev–Trinajstić information content (AvgIpc) is 2.76. The number of ketones is 2. The summed E-state index contributed by atoms with van der Waals surface area (Å²) in [7, 11) is 0. The van der Waals surface area contributed by atoms with Crippen LogP contribution in [-0.2, 0) is 14.4 Å². The molecule has 6 nitrogen and oxygen atoms in total. The lowest BCUT2D eigenvalue weighted by Gasteiger charge is -2.44. The number of ether oxygens (including phenoxy) is 1. The molecule has 2 aliphatic carbocycles. The van der Waals surface area contributed by atoms with Gasteiger partial charge in [0.2, 0.25) is 0 Å². The van der Waals surface area contributed by atoms with Crippen molar-refractivity contribution >= 4 is 17.5 Å². The van der Waals surface area contributed by atoms with Gasteiger partial charge in [-0.1, -0.05) is 19.1 Å². The average molecular weight is 423 g/mol. The second kappa shape index (κ2) is 9.08. The number of benzene rings is 1. The Bertz CT molecular complexity index is 930. The number of hydrogen-bond donors (Lipinski definition) is 0. The van der Waals surface area contributed by atoms with Gasteiger partial charge >= 0.3 is 0 Å². The highest BCUT2D eigenvalue weighted by Crippen LogP contribution is 2.49. The van der Waals surface area contributed by atoms with Gasteiger partial charge < -0.3 is 19.5 Å². The van der Waals surface area contributed by atoms with Crippen LogP contribution in [0.2, 0.25) is 0 Å². The lowest BCUT2D eigenvalue weighted by molar-refractivity contribution is -0.305. The van der Waals surface area contributed by atoms with E-state index in [1.807, 2.05) is 36.1 Å². The number of carboxylic acids is 1. The number of carbonyl (C=O) groups excluding carboxylic acids is 3. The zero-order valence-electron chi connectivity index (χ0n) is 17.9. The summed E-state index contributed by atoms with van der Waals surface area (Å²) in [6.45, 7) is 2.87. The summed E-state index contributed by atoms with van der Waals surface area (Å²) in [5, 5.41) is 11.2. The lowest BCUT2D eigenvalue weighted by Crippen LogP contribution is -2.40. The predicted molar refractivity (Wildman–Crippen MR) is 113 cm³/mol. The van der Waals surface area contributed by atoms with Gasteiger partial charge in [0.05, 0.1) is 6.61 Å². The summed E-state index contributed by atoms with van der Waals surface area (Å²) in [6.07, 6.45) is 4.55. The normalized spacial score (nSPS) is 19.5. The van der Waals surface area contributed by atoms with Gasteiger partial charge in [0, 0.05) is 60.2 Å². The Morgan fingerprint density at radius 3 is 2.29 bits per heavy atom. The van der Waals surface area contributed by atoms with E-state index in [1.54, 1.807) is 0 Å². The van der Waals surface area contributed by atoms with Crippen molar-refractivity contribution in [3.63, 3.8) is 0 Å². The maximum atomic E-state index is 13.2. The molecule has 0 saturated carbocycles. The van der Waals surface area contributed by atoms with E-state index < -0.39 is 11.9 Å². The molecule has 0 saturated heterocycles. The summed E-state index contributed by atoms with van der Waals surface area (Å²) < 4.78 is 5.81. The summed E-state index contributed by atoms with van der Waals surface area (Å²) in [6, 6.07) is 7.70. The van der Waals surface area contributed by atoms with Gasteiger partial charge in [-0.15, -0.1) is 0 Å². The number of Topliss-reactive ketones (excluding diaryl/α,β-unsaturated/α-hetero) is 2. The molecule has 1 heterocycles. The fourth-order valence-electron chi connectivity index (χ4n) is 5.03. The van der Waals surface area contributed by atoms with Crippen molar-refractivity contribution in [3.05, 3.63) is 52.4 Å². The maximum Gasteiger partial charge on any atom is 0.161 e. The molecule has 0 radical (unpaired) electrons. The first-order valence-corrected chi connectivity index (χ1v) is 11.2. The molecule has 0 aromatic heterocycles. The van der Waals surface area contributed by atoms with Crippen molar-refractivity contribution in [2.75, 3.05) is 13.2 Å². The highest BCUT2D eigenvalue weighted by atomic mass is 16.5. The summed E-state index contributed by atoms with van der Waals surface area (Å²) in [5.74, 6) is -0.704. The molecule has 1 aromatic rings. The molecule has 31 heavy (non-hydrogen) atoms. The second-order valence-electron chi connectivity index (χ2n) is 8.40. The number of hydrogen-bond acceptors (Lipinski definition) is 6. The van der Waals surface area contributed by atoms with Crippen LogP contribution in [0.25, 0.3) is 0 Å². The molecule has 0 N–H and O–H groups in total. The smallest absolute Gasteiger partial charge is 0.161 e. The van der Waals surface area contributed by atoms with E-state index >= 15 is 0 Å². The van der Waals surface area contributed by atoms with Crippen molar-refractivity contribution < 1.29 is 24.2 Å². The molecule has 0 bridgehead atoms. The number of carbonyl (C=O) groups is 3. The number of rotatable bonds is 7. The van der Waals surface area contributed by atoms with Crippen LogP contribution in [0.3, 0.4) is 0 Å². The first kappa shape index (κ1) is 21.3. The monoisotopic (exact) mass is 422 g/mol. The molecule has 3 aliphatic rings. The molecule has 6 heteroatoms. The minimum atomic E-state index is -1.13. The van der Waals surface area contributed by atoms with E-state index in [-0.39, 0.29) is 24.5 Å². The number of aliphatic carboxylic acids is 1. The largest absolute Gasteiger partial charge is 0.550 e. The van der Waals surface area contributed by atoms with Crippen LogP contribution in [0.4, 0.5) is 0 Å². The molecular formula is C25H28NO5-. The summed E-state index contributed by atoms with van der Waals surface area (Å²) >= 11 is 0. The number of allylic oxidation sites excluding steroid dienone is 4. The second-order valence-corrected chi connectivity index (χ2v) is 8.40. The molecular weight excluding hydrogens is 394 g/mol. The van der Waals surface area contributed by atoms with E-state index in [4.69, 9.17) is 4.74 Å². The van der Waals surface area contributed by atoms with E-state index in [1.165, 1.54) is 0 Å². The number of nitrogens with zero attached hydrogens (tertiary/aromatic N) is 1. The van der Waals surface area contributed by atoms with E-state index in [0.717, 1.165) is 42.0 Å². The Morgan fingerprint density at radius 2 is 1.71 bits per heavy atom. The van der Waals surface area contributed by atoms with Crippen LogP contribution in [0.1, 0.15) is 69.8 Å². The van der Waals surface area contributed by atoms with Crippen LogP contribution in [0.5, 0.6) is 5.75 Å². The highest BCUT2D eigenvalue weighted by molar-refractivity contribution is 6.06. The topological polar surface area (TPSA) is 86.7 Å². The van der Waals surface area contributed by atoms with Crippen molar-refractivity contribution in [3.8, 4) is 5.75 Å². The Kier molecular flexibility index (Phi) is 6.25. The first-order chi connectivity index (χ1) is 15.0. The molecule has 4 rings (SSSR count). The zero-order valence-corrected chi connectivity index (χ0v) is 17.9. The zero-order chi connectivity index (χ0) is 22.0.